The van der Waals surface area contributed by atoms with Gasteiger partial charge in [-0.3, -0.25) is 4.72 Å². The van der Waals surface area contributed by atoms with Crippen LogP contribution in [0.5, 0.6) is 0 Å². The van der Waals surface area contributed by atoms with E-state index in [1.165, 1.54) is 5.56 Å². The first-order valence-corrected chi connectivity index (χ1v) is 12.1. The Balaban J connectivity index is 1.95. The van der Waals surface area contributed by atoms with Crippen molar-refractivity contribution in [1.82, 2.24) is 10.6 Å². The number of rotatable bonds is 7. The predicted octanol–water partition coefficient (Wildman–Crippen LogP) is 4.57. The lowest BCUT2D eigenvalue weighted by Gasteiger charge is -2.19. The molecule has 0 aliphatic rings. The zero-order chi connectivity index (χ0) is 22.5. The molecule has 2 amide bonds. The summed E-state index contributed by atoms with van der Waals surface area (Å²) in [7, 11) is -3.40. The molecule has 0 aliphatic carbocycles. The summed E-state index contributed by atoms with van der Waals surface area (Å²) in [6, 6.07) is 11.3. The number of benzene rings is 2. The van der Waals surface area contributed by atoms with Gasteiger partial charge in [0.2, 0.25) is 10.0 Å². The van der Waals surface area contributed by atoms with Gasteiger partial charge in [-0.2, -0.15) is 0 Å². The number of carbonyl (C=O) groups is 1. The molecule has 30 heavy (non-hydrogen) atoms. The van der Waals surface area contributed by atoms with Gasteiger partial charge in [-0.15, -0.1) is 0 Å². The fourth-order valence-electron chi connectivity index (χ4n) is 2.93. The highest BCUT2D eigenvalue weighted by Gasteiger charge is 2.14. The monoisotopic (exact) mass is 451 g/mol. The van der Waals surface area contributed by atoms with Crippen molar-refractivity contribution in [3.63, 3.8) is 0 Å². The summed E-state index contributed by atoms with van der Waals surface area (Å²) in [4.78, 5) is 12.2. The summed E-state index contributed by atoms with van der Waals surface area (Å²) >= 11 is 6.29. The molecule has 0 unspecified atom stereocenters. The van der Waals surface area contributed by atoms with Crippen LogP contribution in [0.1, 0.15) is 49.9 Å². The molecule has 6 nitrogen and oxygen atoms in total. The summed E-state index contributed by atoms with van der Waals surface area (Å²) in [6.45, 7) is 9.05. The fourth-order valence-corrected chi connectivity index (χ4v) is 3.75. The van der Waals surface area contributed by atoms with Crippen LogP contribution >= 0.6 is 11.6 Å². The molecule has 0 atom stereocenters. The minimum absolute atomic E-state index is 0.0896. The van der Waals surface area contributed by atoms with Gasteiger partial charge in [0.25, 0.3) is 0 Å². The van der Waals surface area contributed by atoms with Crippen molar-refractivity contribution in [2.75, 3.05) is 11.0 Å². The second-order valence-electron chi connectivity index (χ2n) is 8.31. The third kappa shape index (κ3) is 7.22. The van der Waals surface area contributed by atoms with Gasteiger partial charge in [0, 0.05) is 18.1 Å². The van der Waals surface area contributed by atoms with Crippen LogP contribution < -0.4 is 15.4 Å². The van der Waals surface area contributed by atoms with Gasteiger partial charge < -0.3 is 10.6 Å². The number of urea groups is 1. The van der Waals surface area contributed by atoms with Gasteiger partial charge in [-0.1, -0.05) is 69.6 Å². The number of sulfonamides is 1. The van der Waals surface area contributed by atoms with Gasteiger partial charge in [0.05, 0.1) is 11.9 Å². The SMILES string of the molecule is CCc1cc(CNC(=O)NCc2ccc(C(C)(C)C)cc2)c(Cl)cc1NS(C)(=O)=O. The number of aryl methyl sites for hydroxylation is 1. The van der Waals surface area contributed by atoms with Crippen molar-refractivity contribution in [2.45, 2.75) is 52.6 Å². The highest BCUT2D eigenvalue weighted by Crippen LogP contribution is 2.27. The summed E-state index contributed by atoms with van der Waals surface area (Å²) in [5.41, 5.74) is 4.33. The number of amides is 2. The maximum Gasteiger partial charge on any atom is 0.315 e. The smallest absolute Gasteiger partial charge is 0.315 e. The molecule has 3 N–H and O–H groups in total. The first kappa shape index (κ1) is 24.0. The Morgan fingerprint density at radius 1 is 1.00 bits per heavy atom. The van der Waals surface area contributed by atoms with Gasteiger partial charge in [-0.25, -0.2) is 13.2 Å². The Kier molecular flexibility index (Phi) is 7.77. The molecule has 2 aromatic rings. The van der Waals surface area contributed by atoms with E-state index in [2.05, 4.69) is 48.3 Å². The average Bonchev–Trinajstić information content (AvgIpc) is 2.64. The molecule has 0 fully saturated rings. The van der Waals surface area contributed by atoms with Crippen LogP contribution in [0.3, 0.4) is 0 Å². The second kappa shape index (κ2) is 9.71. The molecule has 164 valence electrons. The van der Waals surface area contributed by atoms with Gasteiger partial charge in [0.15, 0.2) is 0 Å². The maximum absolute atomic E-state index is 12.2. The number of anilines is 1. The van der Waals surface area contributed by atoms with E-state index >= 15 is 0 Å². The van der Waals surface area contributed by atoms with Gasteiger partial charge in [0.1, 0.15) is 0 Å². The highest BCUT2D eigenvalue weighted by atomic mass is 35.5. The third-order valence-electron chi connectivity index (χ3n) is 4.66. The number of carbonyl (C=O) groups excluding carboxylic acids is 1. The average molecular weight is 452 g/mol. The van der Waals surface area contributed by atoms with Crippen LogP contribution in [0.2, 0.25) is 5.02 Å². The lowest BCUT2D eigenvalue weighted by molar-refractivity contribution is 0.240. The number of nitrogens with one attached hydrogen (secondary N) is 3. The van der Waals surface area contributed by atoms with Crippen LogP contribution in [0.25, 0.3) is 0 Å². The van der Waals surface area contributed by atoms with E-state index in [4.69, 9.17) is 11.6 Å². The molecule has 0 spiro atoms. The van der Waals surface area contributed by atoms with Crippen molar-refractivity contribution in [1.29, 1.82) is 0 Å². The summed E-state index contributed by atoms with van der Waals surface area (Å²) in [6.07, 6.45) is 1.72. The van der Waals surface area contributed by atoms with Crippen molar-refractivity contribution in [2.24, 2.45) is 0 Å². The van der Waals surface area contributed by atoms with Crippen molar-refractivity contribution in [3.8, 4) is 0 Å². The largest absolute Gasteiger partial charge is 0.334 e. The molecular weight excluding hydrogens is 422 g/mol. The molecule has 0 saturated carbocycles. The van der Waals surface area contributed by atoms with E-state index in [1.807, 2.05) is 19.1 Å². The van der Waals surface area contributed by atoms with E-state index in [-0.39, 0.29) is 18.0 Å². The van der Waals surface area contributed by atoms with Crippen LogP contribution in [0.15, 0.2) is 36.4 Å². The number of halogens is 1. The molecular formula is C22H30ClN3O3S. The molecule has 0 aromatic heterocycles. The summed E-state index contributed by atoms with van der Waals surface area (Å²) in [5.74, 6) is 0. The van der Waals surface area contributed by atoms with E-state index in [1.54, 1.807) is 12.1 Å². The minimum Gasteiger partial charge on any atom is -0.334 e. The Morgan fingerprint density at radius 3 is 2.13 bits per heavy atom. The molecule has 2 rings (SSSR count). The Hall–Kier alpha value is -2.25. The lowest BCUT2D eigenvalue weighted by Crippen LogP contribution is -2.34. The van der Waals surface area contributed by atoms with Crippen LogP contribution in [0, 0.1) is 0 Å². The van der Waals surface area contributed by atoms with Crippen LogP contribution in [0.4, 0.5) is 10.5 Å². The zero-order valence-corrected chi connectivity index (χ0v) is 19.7. The molecule has 2 aromatic carbocycles. The van der Waals surface area contributed by atoms with Crippen molar-refractivity contribution < 1.29 is 13.2 Å². The minimum atomic E-state index is -3.40. The van der Waals surface area contributed by atoms with Crippen LogP contribution in [-0.4, -0.2) is 20.7 Å². The second-order valence-corrected chi connectivity index (χ2v) is 10.5. The number of hydrogen-bond acceptors (Lipinski definition) is 3. The topological polar surface area (TPSA) is 87.3 Å². The molecule has 0 heterocycles. The quantitative estimate of drug-likeness (QED) is 0.576. The Bertz CT molecular complexity index is 998. The van der Waals surface area contributed by atoms with Crippen molar-refractivity contribution >= 4 is 33.3 Å². The molecule has 0 aliphatic heterocycles. The van der Waals surface area contributed by atoms with Crippen LogP contribution in [-0.2, 0) is 34.9 Å². The van der Waals surface area contributed by atoms with E-state index in [0.29, 0.717) is 23.7 Å². The van der Waals surface area contributed by atoms with E-state index in [0.717, 1.165) is 22.9 Å². The summed E-state index contributed by atoms with van der Waals surface area (Å²) < 4.78 is 25.5. The van der Waals surface area contributed by atoms with Gasteiger partial charge in [-0.05, 0) is 40.2 Å². The maximum atomic E-state index is 12.2. The van der Waals surface area contributed by atoms with Crippen molar-refractivity contribution in [3.05, 3.63) is 63.7 Å². The number of hydrogen-bond donors (Lipinski definition) is 3. The van der Waals surface area contributed by atoms with Gasteiger partial charge >= 0.3 is 6.03 Å². The zero-order valence-electron chi connectivity index (χ0n) is 18.1. The first-order valence-electron chi connectivity index (χ1n) is 9.79. The lowest BCUT2D eigenvalue weighted by atomic mass is 9.87. The summed E-state index contributed by atoms with van der Waals surface area (Å²) in [5, 5.41) is 6.01. The normalized spacial score (nSPS) is 11.8. The molecule has 0 radical (unpaired) electrons. The molecule has 8 heteroatoms. The molecule has 0 bridgehead atoms. The highest BCUT2D eigenvalue weighted by molar-refractivity contribution is 7.92. The molecule has 0 saturated heterocycles. The van der Waals surface area contributed by atoms with E-state index < -0.39 is 10.0 Å². The predicted molar refractivity (Wildman–Crippen MR) is 124 cm³/mol. The Labute approximate surface area is 184 Å². The third-order valence-corrected chi connectivity index (χ3v) is 5.60. The fraction of sp³-hybridized carbons (Fsp3) is 0.409. The van der Waals surface area contributed by atoms with E-state index in [9.17, 15) is 13.2 Å². The standard InChI is InChI=1S/C22H30ClN3O3S/c1-6-16-11-17(19(23)12-20(16)26-30(5,28)29)14-25-21(27)24-13-15-7-9-18(10-8-15)22(2,3)4/h7-12,26H,6,13-14H2,1-5H3,(H2,24,25,27). The first-order chi connectivity index (χ1) is 13.9. The Morgan fingerprint density at radius 2 is 1.60 bits per heavy atom.